The van der Waals surface area contributed by atoms with Gasteiger partial charge in [0.1, 0.15) is 5.75 Å². The van der Waals surface area contributed by atoms with Crippen LogP contribution < -0.4 is 15.4 Å². The van der Waals surface area contributed by atoms with Gasteiger partial charge in [-0.25, -0.2) is 0 Å². The van der Waals surface area contributed by atoms with Crippen LogP contribution in [0.2, 0.25) is 5.02 Å². The predicted molar refractivity (Wildman–Crippen MR) is 107 cm³/mol. The van der Waals surface area contributed by atoms with Gasteiger partial charge >= 0.3 is 6.18 Å². The van der Waals surface area contributed by atoms with E-state index in [1.807, 2.05) is 18.2 Å². The molecule has 0 unspecified atom stereocenters. The average molecular weight is 435 g/mol. The molecule has 2 aromatic rings. The highest BCUT2D eigenvalue weighted by atomic mass is 35.5. The van der Waals surface area contributed by atoms with E-state index in [0.717, 1.165) is 19.4 Å². The number of nitrogens with one attached hydrogen (secondary N) is 2. The molecule has 0 spiro atoms. The van der Waals surface area contributed by atoms with Crippen molar-refractivity contribution in [2.45, 2.75) is 37.6 Å². The molecule has 2 aromatic carbocycles. The number of halogens is 5. The molecule has 8 heteroatoms. The lowest BCUT2D eigenvalue weighted by Gasteiger charge is -2.34. The molecule has 0 aromatic heterocycles. The summed E-state index contributed by atoms with van der Waals surface area (Å²) in [6.45, 7) is -0.00244. The first-order chi connectivity index (χ1) is 12.9. The Morgan fingerprint density at radius 2 is 1.89 bits per heavy atom. The highest BCUT2D eigenvalue weighted by molar-refractivity contribution is 6.30. The van der Waals surface area contributed by atoms with E-state index in [1.165, 1.54) is 17.7 Å². The van der Waals surface area contributed by atoms with Gasteiger partial charge in [0.25, 0.3) is 0 Å². The average Bonchev–Trinajstić information content (AvgIpc) is 2.66. The molecule has 1 heterocycles. The Labute approximate surface area is 174 Å². The molecule has 0 amide bonds. The number of rotatable bonds is 6. The molecule has 154 valence electrons. The first-order valence-electron chi connectivity index (χ1n) is 8.92. The van der Waals surface area contributed by atoms with Crippen LogP contribution in [-0.4, -0.2) is 25.4 Å². The maximum atomic E-state index is 12.5. The lowest BCUT2D eigenvalue weighted by molar-refractivity contribution is -0.153. The third kappa shape index (κ3) is 6.55. The summed E-state index contributed by atoms with van der Waals surface area (Å²) in [5, 5.41) is 7.46. The van der Waals surface area contributed by atoms with Gasteiger partial charge in [-0.1, -0.05) is 41.9 Å². The zero-order valence-corrected chi connectivity index (χ0v) is 16.7. The van der Waals surface area contributed by atoms with Gasteiger partial charge in [0.15, 0.2) is 6.61 Å². The molecular weight excluding hydrogens is 412 g/mol. The van der Waals surface area contributed by atoms with Crippen molar-refractivity contribution in [3.8, 4) is 5.75 Å². The summed E-state index contributed by atoms with van der Waals surface area (Å²) < 4.78 is 42.4. The third-order valence-electron chi connectivity index (χ3n) is 4.59. The second kappa shape index (κ2) is 10.3. The molecule has 28 heavy (non-hydrogen) atoms. The zero-order valence-electron chi connectivity index (χ0n) is 15.1. The second-order valence-electron chi connectivity index (χ2n) is 6.63. The molecule has 1 fully saturated rings. The fraction of sp³-hybridized carbons (Fsp3) is 0.400. The number of alkyl halides is 3. The van der Waals surface area contributed by atoms with Crippen LogP contribution in [0.5, 0.6) is 5.75 Å². The normalized spacial score (nSPS) is 19.7. The number of ether oxygens (including phenoxy) is 1. The predicted octanol–water partition coefficient (Wildman–Crippen LogP) is 5.29. The first-order valence-corrected chi connectivity index (χ1v) is 9.30. The standard InChI is InChI=1S/C20H22ClF3N2O.ClH/c21-16-8-9-18(27-13-20(22,23)24)15(11-16)12-26-17-7-4-10-25-19(17)14-5-2-1-3-6-14;/h1-3,5-6,8-9,11,17,19,25-26H,4,7,10,12-13H2;1H/t17-,19-;/m0./s1. The first kappa shape index (κ1) is 22.8. The van der Waals surface area contributed by atoms with E-state index in [4.69, 9.17) is 16.3 Å². The lowest BCUT2D eigenvalue weighted by atomic mass is 9.92. The smallest absolute Gasteiger partial charge is 0.422 e. The number of hydrogen-bond acceptors (Lipinski definition) is 3. The summed E-state index contributed by atoms with van der Waals surface area (Å²) in [6.07, 6.45) is -2.37. The van der Waals surface area contributed by atoms with Crippen LogP contribution in [0, 0.1) is 0 Å². The topological polar surface area (TPSA) is 33.3 Å². The SMILES string of the molecule is Cl.FC(F)(F)COc1ccc(Cl)cc1CN[C@H]1CCCN[C@H]1c1ccccc1. The van der Waals surface area contributed by atoms with Crippen LogP contribution in [0.15, 0.2) is 48.5 Å². The Bertz CT molecular complexity index is 744. The fourth-order valence-electron chi connectivity index (χ4n) is 3.35. The van der Waals surface area contributed by atoms with E-state index in [9.17, 15) is 13.2 Å². The molecule has 1 aliphatic rings. The minimum Gasteiger partial charge on any atom is -0.484 e. The maximum absolute atomic E-state index is 12.5. The van der Waals surface area contributed by atoms with Crippen LogP contribution in [0.1, 0.15) is 30.0 Å². The summed E-state index contributed by atoms with van der Waals surface area (Å²) >= 11 is 6.04. The van der Waals surface area contributed by atoms with E-state index >= 15 is 0 Å². The molecule has 0 saturated carbocycles. The van der Waals surface area contributed by atoms with Crippen molar-refractivity contribution in [1.29, 1.82) is 0 Å². The number of hydrogen-bond donors (Lipinski definition) is 2. The number of benzene rings is 2. The summed E-state index contributed by atoms with van der Waals surface area (Å²) in [5.41, 5.74) is 1.80. The molecule has 2 atom stereocenters. The fourth-order valence-corrected chi connectivity index (χ4v) is 3.54. The van der Waals surface area contributed by atoms with E-state index < -0.39 is 12.8 Å². The van der Waals surface area contributed by atoms with E-state index in [0.29, 0.717) is 17.1 Å². The van der Waals surface area contributed by atoms with Gasteiger partial charge in [-0.15, -0.1) is 12.4 Å². The molecule has 1 saturated heterocycles. The Morgan fingerprint density at radius 1 is 1.14 bits per heavy atom. The van der Waals surface area contributed by atoms with Crippen LogP contribution in [0.3, 0.4) is 0 Å². The summed E-state index contributed by atoms with van der Waals surface area (Å²) in [7, 11) is 0. The van der Waals surface area contributed by atoms with Crippen molar-refractivity contribution >= 4 is 24.0 Å². The van der Waals surface area contributed by atoms with Crippen molar-refractivity contribution in [2.75, 3.05) is 13.2 Å². The van der Waals surface area contributed by atoms with Crippen molar-refractivity contribution in [1.82, 2.24) is 10.6 Å². The highest BCUT2D eigenvalue weighted by Gasteiger charge is 2.29. The molecule has 0 radical (unpaired) electrons. The van der Waals surface area contributed by atoms with E-state index in [2.05, 4.69) is 22.8 Å². The molecular formula is C20H23Cl2F3N2O. The van der Waals surface area contributed by atoms with Gasteiger partial charge in [-0.05, 0) is 43.1 Å². The summed E-state index contributed by atoms with van der Waals surface area (Å²) in [5.74, 6) is 0.198. The second-order valence-corrected chi connectivity index (χ2v) is 7.06. The molecule has 0 aliphatic carbocycles. The lowest BCUT2D eigenvalue weighted by Crippen LogP contribution is -2.45. The van der Waals surface area contributed by atoms with Crippen molar-refractivity contribution in [3.63, 3.8) is 0 Å². The van der Waals surface area contributed by atoms with Gasteiger partial charge < -0.3 is 15.4 Å². The molecule has 2 N–H and O–H groups in total. The quantitative estimate of drug-likeness (QED) is 0.648. The summed E-state index contributed by atoms with van der Waals surface area (Å²) in [6, 6.07) is 15.1. The Hall–Kier alpha value is -1.47. The van der Waals surface area contributed by atoms with E-state index in [1.54, 1.807) is 6.07 Å². The van der Waals surface area contributed by atoms with Gasteiger partial charge in [-0.2, -0.15) is 13.2 Å². The monoisotopic (exact) mass is 434 g/mol. The van der Waals surface area contributed by atoms with Crippen LogP contribution in [0.4, 0.5) is 13.2 Å². The van der Waals surface area contributed by atoms with Crippen molar-refractivity contribution in [3.05, 3.63) is 64.7 Å². The number of piperidine rings is 1. The van der Waals surface area contributed by atoms with Gasteiger partial charge in [0.05, 0.1) is 0 Å². The Kier molecular flexibility index (Phi) is 8.43. The largest absolute Gasteiger partial charge is 0.484 e. The van der Waals surface area contributed by atoms with Crippen LogP contribution in [0.25, 0.3) is 0 Å². The molecule has 3 nitrogen and oxygen atoms in total. The van der Waals surface area contributed by atoms with Crippen molar-refractivity contribution in [2.24, 2.45) is 0 Å². The molecule has 3 rings (SSSR count). The third-order valence-corrected chi connectivity index (χ3v) is 4.82. The van der Waals surface area contributed by atoms with Gasteiger partial charge in [0.2, 0.25) is 0 Å². The molecule has 1 aliphatic heterocycles. The Morgan fingerprint density at radius 3 is 2.61 bits per heavy atom. The Balaban J connectivity index is 0.00000280. The van der Waals surface area contributed by atoms with Gasteiger partial charge in [-0.3, -0.25) is 0 Å². The minimum atomic E-state index is -4.38. The maximum Gasteiger partial charge on any atom is 0.422 e. The van der Waals surface area contributed by atoms with Crippen LogP contribution >= 0.6 is 24.0 Å². The van der Waals surface area contributed by atoms with Crippen LogP contribution in [-0.2, 0) is 6.54 Å². The van der Waals surface area contributed by atoms with Gasteiger partial charge in [0, 0.05) is 29.2 Å². The van der Waals surface area contributed by atoms with Crippen molar-refractivity contribution < 1.29 is 17.9 Å². The molecule has 0 bridgehead atoms. The highest BCUT2D eigenvalue weighted by Crippen LogP contribution is 2.28. The van der Waals surface area contributed by atoms with E-state index in [-0.39, 0.29) is 30.2 Å². The zero-order chi connectivity index (χ0) is 19.3. The summed E-state index contributed by atoms with van der Waals surface area (Å²) in [4.78, 5) is 0. The minimum absolute atomic E-state index is 0.